The van der Waals surface area contributed by atoms with Gasteiger partial charge in [0.2, 0.25) is 0 Å². The smallest absolute Gasteiger partial charge is 0.0762 e. The van der Waals surface area contributed by atoms with E-state index in [1.54, 1.807) is 0 Å². The molecule has 80 valence electrons. The summed E-state index contributed by atoms with van der Waals surface area (Å²) in [6, 6.07) is 0. The third kappa shape index (κ3) is 2.32. The van der Waals surface area contributed by atoms with Crippen molar-refractivity contribution in [1.29, 1.82) is 0 Å². The van der Waals surface area contributed by atoms with E-state index in [1.165, 1.54) is 32.1 Å². The van der Waals surface area contributed by atoms with Gasteiger partial charge in [-0.3, -0.25) is 0 Å². The van der Waals surface area contributed by atoms with E-state index in [4.69, 9.17) is 4.74 Å². The minimum Gasteiger partial charge on any atom is -0.373 e. The summed E-state index contributed by atoms with van der Waals surface area (Å²) in [4.78, 5) is 0. The first kappa shape index (κ1) is 10.9. The molecular weight excluding hydrogens is 287 g/mol. The molecule has 0 aromatic rings. The minimum atomic E-state index is 0.516. The molecule has 0 unspecified atom stereocenters. The van der Waals surface area contributed by atoms with Gasteiger partial charge in [-0.15, -0.1) is 0 Å². The molecule has 0 N–H and O–H groups in total. The van der Waals surface area contributed by atoms with Crippen LogP contribution in [0.15, 0.2) is 12.2 Å². The maximum atomic E-state index is 6.12. The van der Waals surface area contributed by atoms with E-state index in [2.05, 4.69) is 41.7 Å². The van der Waals surface area contributed by atoms with E-state index in [-0.39, 0.29) is 0 Å². The molecule has 1 aliphatic carbocycles. The van der Waals surface area contributed by atoms with Gasteiger partial charge in [-0.2, -0.15) is 0 Å². The van der Waals surface area contributed by atoms with Crippen LogP contribution >= 0.6 is 22.6 Å². The Morgan fingerprint density at radius 2 is 2.36 bits per heavy atom. The Bertz CT molecular complexity index is 214. The Balaban J connectivity index is 1.89. The first-order valence-corrected chi connectivity index (χ1v) is 7.02. The maximum absolute atomic E-state index is 6.12. The molecule has 0 spiro atoms. The van der Waals surface area contributed by atoms with Gasteiger partial charge >= 0.3 is 0 Å². The molecule has 0 amide bonds. The normalized spacial score (nSPS) is 41.3. The van der Waals surface area contributed by atoms with Gasteiger partial charge in [-0.05, 0) is 19.3 Å². The Labute approximate surface area is 100 Å². The monoisotopic (exact) mass is 306 g/mol. The van der Waals surface area contributed by atoms with Gasteiger partial charge in [0, 0.05) is 9.84 Å². The summed E-state index contributed by atoms with van der Waals surface area (Å²) in [7, 11) is 0. The second kappa shape index (κ2) is 4.97. The number of hydrogen-bond acceptors (Lipinski definition) is 1. The minimum absolute atomic E-state index is 0.516. The predicted molar refractivity (Wildman–Crippen MR) is 67.9 cm³/mol. The zero-order chi connectivity index (χ0) is 9.97. The van der Waals surface area contributed by atoms with Crippen LogP contribution in [0.3, 0.4) is 0 Å². The highest BCUT2D eigenvalue weighted by atomic mass is 127. The molecule has 1 saturated heterocycles. The average molecular weight is 306 g/mol. The second-order valence-electron chi connectivity index (χ2n) is 4.44. The van der Waals surface area contributed by atoms with Crippen molar-refractivity contribution in [1.82, 2.24) is 0 Å². The molecule has 1 nitrogen and oxygen atoms in total. The van der Waals surface area contributed by atoms with E-state index >= 15 is 0 Å². The number of halogens is 1. The third-order valence-corrected chi connectivity index (χ3v) is 4.50. The number of alkyl halides is 1. The molecule has 0 radical (unpaired) electrons. The van der Waals surface area contributed by atoms with Crippen molar-refractivity contribution in [3.05, 3.63) is 12.2 Å². The van der Waals surface area contributed by atoms with E-state index in [0.29, 0.717) is 22.1 Å². The van der Waals surface area contributed by atoms with E-state index in [9.17, 15) is 0 Å². The third-order valence-electron chi connectivity index (χ3n) is 3.29. The molecule has 2 heteroatoms. The van der Waals surface area contributed by atoms with Crippen LogP contribution in [-0.4, -0.2) is 16.1 Å². The van der Waals surface area contributed by atoms with Crippen LogP contribution in [0.1, 0.15) is 39.0 Å². The van der Waals surface area contributed by atoms with Gasteiger partial charge in [0.25, 0.3) is 0 Å². The van der Waals surface area contributed by atoms with Crippen molar-refractivity contribution in [2.24, 2.45) is 5.92 Å². The Morgan fingerprint density at radius 3 is 3.07 bits per heavy atom. The molecule has 4 atom stereocenters. The fourth-order valence-electron chi connectivity index (χ4n) is 2.49. The summed E-state index contributed by atoms with van der Waals surface area (Å²) in [5, 5.41) is 0. The molecule has 0 saturated carbocycles. The summed E-state index contributed by atoms with van der Waals surface area (Å²) >= 11 is 2.55. The van der Waals surface area contributed by atoms with Crippen molar-refractivity contribution in [3.63, 3.8) is 0 Å². The lowest BCUT2D eigenvalue weighted by Crippen LogP contribution is -2.28. The van der Waals surface area contributed by atoms with Gasteiger partial charge < -0.3 is 4.74 Å². The van der Waals surface area contributed by atoms with Crippen molar-refractivity contribution in [2.75, 3.05) is 0 Å². The van der Waals surface area contributed by atoms with Crippen LogP contribution in [0.4, 0.5) is 0 Å². The van der Waals surface area contributed by atoms with Crippen molar-refractivity contribution in [2.45, 2.75) is 55.2 Å². The van der Waals surface area contributed by atoms with Crippen LogP contribution in [0.25, 0.3) is 0 Å². The molecule has 2 rings (SSSR count). The highest BCUT2D eigenvalue weighted by Crippen LogP contribution is 2.38. The van der Waals surface area contributed by atoms with E-state index in [0.717, 1.165) is 0 Å². The maximum Gasteiger partial charge on any atom is 0.0762 e. The quantitative estimate of drug-likeness (QED) is 0.439. The van der Waals surface area contributed by atoms with Crippen LogP contribution in [0, 0.1) is 5.92 Å². The van der Waals surface area contributed by atoms with Crippen LogP contribution in [0.5, 0.6) is 0 Å². The predicted octanol–water partition coefficient (Wildman–Crippen LogP) is 3.71. The highest BCUT2D eigenvalue weighted by Gasteiger charge is 2.38. The lowest BCUT2D eigenvalue weighted by atomic mass is 9.90. The zero-order valence-electron chi connectivity index (χ0n) is 8.79. The lowest BCUT2D eigenvalue weighted by Gasteiger charge is -2.24. The second-order valence-corrected chi connectivity index (χ2v) is 6.04. The standard InChI is InChI=1S/C12H19IO/c1-2-3-6-10-8-9-5-4-7-11(13)12(9)14-10/h4-5,9-12H,2-3,6-8H2,1H3/t9-,10-,11+,12+/m0/s1. The van der Waals surface area contributed by atoms with Crippen molar-refractivity contribution >= 4 is 22.6 Å². The molecule has 1 fully saturated rings. The summed E-state index contributed by atoms with van der Waals surface area (Å²) in [5.74, 6) is 0.715. The molecule has 0 aromatic carbocycles. The topological polar surface area (TPSA) is 9.23 Å². The van der Waals surface area contributed by atoms with Crippen molar-refractivity contribution < 1.29 is 4.74 Å². The van der Waals surface area contributed by atoms with Gasteiger partial charge in [0.1, 0.15) is 0 Å². The van der Waals surface area contributed by atoms with Crippen LogP contribution in [0.2, 0.25) is 0 Å². The zero-order valence-corrected chi connectivity index (χ0v) is 10.9. The molecule has 14 heavy (non-hydrogen) atoms. The summed E-state index contributed by atoms with van der Waals surface area (Å²) < 4.78 is 6.82. The Kier molecular flexibility index (Phi) is 3.88. The fourth-order valence-corrected chi connectivity index (χ4v) is 3.49. The number of hydrogen-bond donors (Lipinski definition) is 0. The largest absolute Gasteiger partial charge is 0.373 e. The first-order chi connectivity index (χ1) is 6.81. The average Bonchev–Trinajstić information content (AvgIpc) is 2.59. The fraction of sp³-hybridized carbons (Fsp3) is 0.833. The Morgan fingerprint density at radius 1 is 1.50 bits per heavy atom. The number of allylic oxidation sites excluding steroid dienone is 1. The van der Waals surface area contributed by atoms with Gasteiger partial charge in [0.15, 0.2) is 0 Å². The van der Waals surface area contributed by atoms with Gasteiger partial charge in [0.05, 0.1) is 12.2 Å². The highest BCUT2D eigenvalue weighted by molar-refractivity contribution is 14.1. The summed E-state index contributed by atoms with van der Waals surface area (Å²) in [6.45, 7) is 2.25. The number of unbranched alkanes of at least 4 members (excludes halogenated alkanes) is 1. The first-order valence-electron chi connectivity index (χ1n) is 5.77. The van der Waals surface area contributed by atoms with Crippen molar-refractivity contribution in [3.8, 4) is 0 Å². The molecule has 2 aliphatic rings. The van der Waals surface area contributed by atoms with E-state index < -0.39 is 0 Å². The van der Waals surface area contributed by atoms with Gasteiger partial charge in [-0.25, -0.2) is 0 Å². The molecule has 0 aromatic heterocycles. The molecule has 0 bridgehead atoms. The van der Waals surface area contributed by atoms with Crippen LogP contribution in [-0.2, 0) is 4.74 Å². The molecule has 1 heterocycles. The van der Waals surface area contributed by atoms with E-state index in [1.807, 2.05) is 0 Å². The SMILES string of the molecule is CCCC[C@H]1C[C@@H]2C=CC[C@@H](I)[C@@H]2O1. The lowest BCUT2D eigenvalue weighted by molar-refractivity contribution is 0.0338. The van der Waals surface area contributed by atoms with Gasteiger partial charge in [-0.1, -0.05) is 54.5 Å². The Hall–Kier alpha value is 0.430. The summed E-state index contributed by atoms with van der Waals surface area (Å²) in [5.41, 5.74) is 0. The molecular formula is C12H19IO. The number of rotatable bonds is 3. The van der Waals surface area contributed by atoms with Crippen LogP contribution < -0.4 is 0 Å². The number of fused-ring (bicyclic) bond motifs is 1. The molecule has 1 aliphatic heterocycles. The number of ether oxygens (including phenoxy) is 1. The summed E-state index contributed by atoms with van der Waals surface area (Å²) in [6.07, 6.45) is 12.1.